The van der Waals surface area contributed by atoms with E-state index in [9.17, 15) is 19.8 Å². The quantitative estimate of drug-likeness (QED) is 0.0424. The minimum absolute atomic E-state index is 0.0157. The Morgan fingerprint density at radius 2 is 0.759 bits per heavy atom. The molecule has 6 nitrogen and oxygen atoms in total. The summed E-state index contributed by atoms with van der Waals surface area (Å²) in [5.74, 6) is -0.0727. The summed E-state index contributed by atoms with van der Waals surface area (Å²) in [5, 5.41) is 23.1. The molecule has 0 heterocycles. The number of rotatable bonds is 45. The minimum atomic E-state index is -0.675. The van der Waals surface area contributed by atoms with Crippen molar-refractivity contribution in [2.75, 3.05) is 13.2 Å². The standard InChI is InChI=1S/C48H95NO5/c1-3-5-7-9-11-13-15-17-18-19-21-26-30-34-38-42-48(53)54-43-39-35-31-27-23-22-25-29-33-37-41-47(52)49-45(44-50)46(51)40-36-32-28-24-20-16-14-12-10-8-6-4-2/h45-46,50-51H,3-44H2,1-2H3,(H,49,52). The van der Waals surface area contributed by atoms with Crippen molar-refractivity contribution in [3.05, 3.63) is 0 Å². The van der Waals surface area contributed by atoms with Gasteiger partial charge in [0.25, 0.3) is 0 Å². The molecule has 0 rings (SSSR count). The molecule has 0 radical (unpaired) electrons. The van der Waals surface area contributed by atoms with Crippen molar-refractivity contribution in [3.8, 4) is 0 Å². The molecule has 0 aromatic carbocycles. The van der Waals surface area contributed by atoms with Gasteiger partial charge >= 0.3 is 5.97 Å². The first-order valence-electron chi connectivity index (χ1n) is 24.3. The first-order chi connectivity index (χ1) is 26.5. The molecule has 0 aromatic heterocycles. The van der Waals surface area contributed by atoms with Crippen molar-refractivity contribution < 1.29 is 24.5 Å². The summed E-state index contributed by atoms with van der Waals surface area (Å²) >= 11 is 0. The van der Waals surface area contributed by atoms with Crippen LogP contribution >= 0.6 is 0 Å². The van der Waals surface area contributed by atoms with Crippen LogP contribution in [0, 0.1) is 0 Å². The number of aliphatic hydroxyl groups is 2. The minimum Gasteiger partial charge on any atom is -0.466 e. The number of nitrogens with one attached hydrogen (secondary N) is 1. The molecule has 0 saturated heterocycles. The number of ether oxygens (including phenoxy) is 1. The predicted molar refractivity (Wildman–Crippen MR) is 232 cm³/mol. The highest BCUT2D eigenvalue weighted by Gasteiger charge is 2.20. The molecule has 0 aromatic rings. The Morgan fingerprint density at radius 3 is 1.13 bits per heavy atom. The second-order valence-corrected chi connectivity index (χ2v) is 16.8. The van der Waals surface area contributed by atoms with E-state index in [4.69, 9.17) is 4.74 Å². The summed E-state index contributed by atoms with van der Waals surface area (Å²) in [6, 6.07) is -0.555. The summed E-state index contributed by atoms with van der Waals surface area (Å²) in [7, 11) is 0. The van der Waals surface area contributed by atoms with Gasteiger partial charge in [-0.3, -0.25) is 9.59 Å². The van der Waals surface area contributed by atoms with Gasteiger partial charge in [-0.1, -0.05) is 232 Å². The molecule has 2 unspecified atom stereocenters. The van der Waals surface area contributed by atoms with Crippen molar-refractivity contribution in [1.29, 1.82) is 0 Å². The maximum Gasteiger partial charge on any atom is 0.305 e. The van der Waals surface area contributed by atoms with Gasteiger partial charge in [0.1, 0.15) is 0 Å². The Bertz CT molecular complexity index is 761. The van der Waals surface area contributed by atoms with Crippen LogP contribution in [0.2, 0.25) is 0 Å². The van der Waals surface area contributed by atoms with Crippen molar-refractivity contribution in [2.24, 2.45) is 0 Å². The van der Waals surface area contributed by atoms with Crippen LogP contribution in [0.3, 0.4) is 0 Å². The summed E-state index contributed by atoms with van der Waals surface area (Å²) in [5.41, 5.74) is 0. The Labute approximate surface area is 336 Å². The lowest BCUT2D eigenvalue weighted by Crippen LogP contribution is -2.45. The summed E-state index contributed by atoms with van der Waals surface area (Å²) in [6.45, 7) is 4.90. The Morgan fingerprint density at radius 1 is 0.444 bits per heavy atom. The summed E-state index contributed by atoms with van der Waals surface area (Å²) < 4.78 is 5.45. The lowest BCUT2D eigenvalue weighted by molar-refractivity contribution is -0.143. The lowest BCUT2D eigenvalue weighted by atomic mass is 10.0. The van der Waals surface area contributed by atoms with E-state index >= 15 is 0 Å². The van der Waals surface area contributed by atoms with Gasteiger partial charge in [0, 0.05) is 12.8 Å². The van der Waals surface area contributed by atoms with Crippen LogP contribution in [0.5, 0.6) is 0 Å². The SMILES string of the molecule is CCCCCCCCCCCCCCCCCC(=O)OCCCCCCCCCCCCC(=O)NC(CO)C(O)CCCCCCCCCCCCCC. The number of carbonyl (C=O) groups excluding carboxylic acids is 2. The highest BCUT2D eigenvalue weighted by molar-refractivity contribution is 5.76. The van der Waals surface area contributed by atoms with Crippen LogP contribution in [0.15, 0.2) is 0 Å². The number of carbonyl (C=O) groups is 2. The van der Waals surface area contributed by atoms with Gasteiger partial charge in [0.05, 0.1) is 25.4 Å². The van der Waals surface area contributed by atoms with Crippen LogP contribution in [0.4, 0.5) is 0 Å². The van der Waals surface area contributed by atoms with Crippen LogP contribution in [-0.4, -0.2) is 47.4 Å². The van der Waals surface area contributed by atoms with E-state index in [-0.39, 0.29) is 18.5 Å². The average Bonchev–Trinajstić information content (AvgIpc) is 3.17. The third-order valence-electron chi connectivity index (χ3n) is 11.4. The molecule has 2 atom stereocenters. The Balaban J connectivity index is 3.45. The first-order valence-corrected chi connectivity index (χ1v) is 24.3. The van der Waals surface area contributed by atoms with E-state index in [0.717, 1.165) is 57.8 Å². The molecular weight excluding hydrogens is 671 g/mol. The summed E-state index contributed by atoms with van der Waals surface area (Å²) in [6.07, 6.45) is 47.7. The van der Waals surface area contributed by atoms with Gasteiger partial charge in [0.2, 0.25) is 5.91 Å². The van der Waals surface area contributed by atoms with Crippen LogP contribution in [0.1, 0.15) is 271 Å². The second kappa shape index (κ2) is 44.6. The fraction of sp³-hybridized carbons (Fsp3) is 0.958. The van der Waals surface area contributed by atoms with Gasteiger partial charge in [-0.2, -0.15) is 0 Å². The highest BCUT2D eigenvalue weighted by atomic mass is 16.5. The van der Waals surface area contributed by atoms with Gasteiger partial charge < -0.3 is 20.3 Å². The van der Waals surface area contributed by atoms with Crippen LogP contribution < -0.4 is 5.32 Å². The molecule has 54 heavy (non-hydrogen) atoms. The normalized spacial score (nSPS) is 12.6. The fourth-order valence-corrected chi connectivity index (χ4v) is 7.64. The molecule has 0 saturated carbocycles. The predicted octanol–water partition coefficient (Wildman–Crippen LogP) is 14.0. The molecular formula is C48H95NO5. The van der Waals surface area contributed by atoms with E-state index in [1.165, 1.54) is 180 Å². The molecule has 322 valence electrons. The monoisotopic (exact) mass is 766 g/mol. The lowest BCUT2D eigenvalue weighted by Gasteiger charge is -2.22. The molecule has 0 aliphatic carbocycles. The summed E-state index contributed by atoms with van der Waals surface area (Å²) in [4.78, 5) is 24.4. The number of aliphatic hydroxyl groups excluding tert-OH is 2. The average molecular weight is 766 g/mol. The number of hydrogen-bond donors (Lipinski definition) is 3. The van der Waals surface area contributed by atoms with Gasteiger partial charge in [-0.05, 0) is 25.7 Å². The molecule has 0 aliphatic rings. The first kappa shape index (κ1) is 52.9. The number of esters is 1. The van der Waals surface area contributed by atoms with Crippen molar-refractivity contribution in [2.45, 2.75) is 283 Å². The smallest absolute Gasteiger partial charge is 0.305 e. The highest BCUT2D eigenvalue weighted by Crippen LogP contribution is 2.16. The molecule has 0 spiro atoms. The fourth-order valence-electron chi connectivity index (χ4n) is 7.64. The number of hydrogen-bond acceptors (Lipinski definition) is 5. The maximum absolute atomic E-state index is 12.4. The maximum atomic E-state index is 12.4. The Kier molecular flexibility index (Phi) is 43.6. The topological polar surface area (TPSA) is 95.9 Å². The molecule has 0 aliphatic heterocycles. The Hall–Kier alpha value is -1.14. The van der Waals surface area contributed by atoms with Gasteiger partial charge in [-0.25, -0.2) is 0 Å². The van der Waals surface area contributed by atoms with E-state index in [1.54, 1.807) is 0 Å². The van der Waals surface area contributed by atoms with Crippen molar-refractivity contribution in [3.63, 3.8) is 0 Å². The molecule has 3 N–H and O–H groups in total. The zero-order chi connectivity index (χ0) is 39.4. The molecule has 6 heteroatoms. The van der Waals surface area contributed by atoms with E-state index in [1.807, 2.05) is 0 Å². The zero-order valence-electron chi connectivity index (χ0n) is 36.5. The van der Waals surface area contributed by atoms with Crippen molar-refractivity contribution >= 4 is 11.9 Å². The van der Waals surface area contributed by atoms with Gasteiger partial charge in [0.15, 0.2) is 0 Å². The zero-order valence-corrected chi connectivity index (χ0v) is 36.5. The number of amides is 1. The molecule has 1 amide bonds. The van der Waals surface area contributed by atoms with E-state index in [0.29, 0.717) is 25.9 Å². The largest absolute Gasteiger partial charge is 0.466 e. The van der Waals surface area contributed by atoms with Crippen LogP contribution in [-0.2, 0) is 14.3 Å². The van der Waals surface area contributed by atoms with E-state index < -0.39 is 12.1 Å². The third-order valence-corrected chi connectivity index (χ3v) is 11.4. The van der Waals surface area contributed by atoms with Gasteiger partial charge in [-0.15, -0.1) is 0 Å². The van der Waals surface area contributed by atoms with Crippen molar-refractivity contribution in [1.82, 2.24) is 5.32 Å². The number of unbranched alkanes of at least 4 members (excludes halogenated alkanes) is 34. The van der Waals surface area contributed by atoms with Crippen LogP contribution in [0.25, 0.3) is 0 Å². The third kappa shape index (κ3) is 40.5. The van der Waals surface area contributed by atoms with E-state index in [2.05, 4.69) is 19.2 Å². The second-order valence-electron chi connectivity index (χ2n) is 16.8. The molecule has 0 fully saturated rings. The molecule has 0 bridgehead atoms.